The minimum atomic E-state index is -0.520. The van der Waals surface area contributed by atoms with E-state index in [9.17, 15) is 9.59 Å². The van der Waals surface area contributed by atoms with E-state index >= 15 is 0 Å². The Hall–Kier alpha value is -1.65. The standard InChI is InChI=1S/C16H25NO4/c1-7-20-15(18)13-10(5)17-11(6)14(12(13)9(3)4)16(19)21-8-2/h9,12-13H,7-8H2,1-6H3/t12-,13?/m1/s1. The van der Waals surface area contributed by atoms with E-state index in [1.54, 1.807) is 20.8 Å². The number of carbonyl (C=O) groups is 2. The highest BCUT2D eigenvalue weighted by atomic mass is 16.5. The topological polar surface area (TPSA) is 65.0 Å². The maximum Gasteiger partial charge on any atom is 0.336 e. The smallest absolute Gasteiger partial charge is 0.336 e. The third-order valence-corrected chi connectivity index (χ3v) is 3.63. The first kappa shape index (κ1) is 17.4. The molecule has 1 aliphatic rings. The minimum absolute atomic E-state index is 0.0965. The highest BCUT2D eigenvalue weighted by Gasteiger charge is 2.42. The Balaban J connectivity index is 3.29. The lowest BCUT2D eigenvalue weighted by Crippen LogP contribution is -2.40. The summed E-state index contributed by atoms with van der Waals surface area (Å²) in [5, 5.41) is 0. The van der Waals surface area contributed by atoms with Crippen LogP contribution in [0, 0.1) is 17.8 Å². The van der Waals surface area contributed by atoms with Gasteiger partial charge in [-0.2, -0.15) is 0 Å². The second-order valence-electron chi connectivity index (χ2n) is 5.47. The first-order valence-electron chi connectivity index (χ1n) is 7.44. The fourth-order valence-electron chi connectivity index (χ4n) is 2.82. The van der Waals surface area contributed by atoms with Gasteiger partial charge in [0.15, 0.2) is 0 Å². The minimum Gasteiger partial charge on any atom is -0.465 e. The largest absolute Gasteiger partial charge is 0.465 e. The Kier molecular flexibility index (Phi) is 6.12. The van der Waals surface area contributed by atoms with Gasteiger partial charge in [-0.05, 0) is 33.6 Å². The molecule has 0 bridgehead atoms. The summed E-state index contributed by atoms with van der Waals surface area (Å²) in [6.07, 6.45) is 0. The Bertz CT molecular complexity index is 477. The molecule has 1 unspecified atom stereocenters. The SMILES string of the molecule is CCOC(=O)C1=C(C)N=C(C)C(C(=O)OCC)[C@H]1C(C)C. The fraction of sp³-hybridized carbons (Fsp3) is 0.688. The number of esters is 2. The molecule has 1 aliphatic heterocycles. The number of aliphatic imine (C=N–C) groups is 1. The van der Waals surface area contributed by atoms with Crippen LogP contribution in [0.15, 0.2) is 16.3 Å². The normalized spacial score (nSPS) is 22.1. The highest BCUT2D eigenvalue weighted by Crippen LogP contribution is 2.37. The molecule has 0 N–H and O–H groups in total. The van der Waals surface area contributed by atoms with Gasteiger partial charge in [-0.1, -0.05) is 13.8 Å². The molecule has 0 saturated heterocycles. The summed E-state index contributed by atoms with van der Waals surface area (Å²) in [6.45, 7) is 11.7. The van der Waals surface area contributed by atoms with Crippen LogP contribution in [0.3, 0.4) is 0 Å². The number of rotatable bonds is 5. The van der Waals surface area contributed by atoms with Crippen molar-refractivity contribution < 1.29 is 19.1 Å². The van der Waals surface area contributed by atoms with Crippen molar-refractivity contribution in [1.82, 2.24) is 0 Å². The fourth-order valence-corrected chi connectivity index (χ4v) is 2.82. The lowest BCUT2D eigenvalue weighted by Gasteiger charge is -2.33. The summed E-state index contributed by atoms with van der Waals surface area (Å²) in [5.74, 6) is -1.40. The monoisotopic (exact) mass is 295 g/mol. The Labute approximate surface area is 126 Å². The molecule has 0 aliphatic carbocycles. The molecule has 0 amide bonds. The van der Waals surface area contributed by atoms with Gasteiger partial charge in [0, 0.05) is 17.3 Å². The zero-order chi connectivity index (χ0) is 16.2. The van der Waals surface area contributed by atoms with E-state index in [1.165, 1.54) is 0 Å². The number of allylic oxidation sites excluding steroid dienone is 1. The molecule has 5 heteroatoms. The van der Waals surface area contributed by atoms with Crippen LogP contribution < -0.4 is 0 Å². The van der Waals surface area contributed by atoms with Crippen LogP contribution in [0.2, 0.25) is 0 Å². The molecule has 0 aromatic carbocycles. The first-order chi connectivity index (χ1) is 9.84. The number of hydrogen-bond acceptors (Lipinski definition) is 5. The number of hydrogen-bond donors (Lipinski definition) is 0. The van der Waals surface area contributed by atoms with Crippen molar-refractivity contribution in [2.45, 2.75) is 41.5 Å². The third kappa shape index (κ3) is 3.71. The first-order valence-corrected chi connectivity index (χ1v) is 7.44. The van der Waals surface area contributed by atoms with E-state index in [0.717, 1.165) is 0 Å². The molecule has 21 heavy (non-hydrogen) atoms. The summed E-state index contributed by atoms with van der Waals surface area (Å²) in [6, 6.07) is 0. The molecule has 0 saturated carbocycles. The molecule has 1 rings (SSSR count). The van der Waals surface area contributed by atoms with Crippen LogP contribution in [-0.4, -0.2) is 30.9 Å². The molecule has 0 fully saturated rings. The van der Waals surface area contributed by atoms with Crippen molar-refractivity contribution in [3.63, 3.8) is 0 Å². The van der Waals surface area contributed by atoms with Gasteiger partial charge in [-0.3, -0.25) is 9.79 Å². The number of carbonyl (C=O) groups excluding carboxylic acids is 2. The van der Waals surface area contributed by atoms with Gasteiger partial charge in [0.05, 0.1) is 18.8 Å². The number of ether oxygens (including phenoxy) is 2. The second kappa shape index (κ2) is 7.38. The molecule has 5 nitrogen and oxygen atoms in total. The van der Waals surface area contributed by atoms with Crippen molar-refractivity contribution in [3.05, 3.63) is 11.3 Å². The molecule has 2 atom stereocenters. The van der Waals surface area contributed by atoms with Crippen LogP contribution in [0.5, 0.6) is 0 Å². The molecular formula is C16H25NO4. The van der Waals surface area contributed by atoms with Crippen LogP contribution in [0.1, 0.15) is 41.5 Å². The average molecular weight is 295 g/mol. The summed E-state index contributed by atoms with van der Waals surface area (Å²) in [5.41, 5.74) is 1.82. The number of nitrogens with zero attached hydrogens (tertiary/aromatic N) is 1. The van der Waals surface area contributed by atoms with Gasteiger partial charge >= 0.3 is 11.9 Å². The van der Waals surface area contributed by atoms with Crippen molar-refractivity contribution in [3.8, 4) is 0 Å². The summed E-state index contributed by atoms with van der Waals surface area (Å²) < 4.78 is 10.3. The molecule has 0 spiro atoms. The predicted octanol–water partition coefficient (Wildman–Crippen LogP) is 2.75. The summed E-state index contributed by atoms with van der Waals surface area (Å²) in [7, 11) is 0. The van der Waals surface area contributed by atoms with E-state index in [0.29, 0.717) is 30.2 Å². The lowest BCUT2D eigenvalue weighted by atomic mass is 9.73. The predicted molar refractivity (Wildman–Crippen MR) is 80.9 cm³/mol. The van der Waals surface area contributed by atoms with E-state index in [2.05, 4.69) is 4.99 Å². The van der Waals surface area contributed by atoms with Crippen LogP contribution in [0.25, 0.3) is 0 Å². The maximum absolute atomic E-state index is 12.3. The van der Waals surface area contributed by atoms with Crippen LogP contribution >= 0.6 is 0 Å². The zero-order valence-electron chi connectivity index (χ0n) is 13.7. The van der Waals surface area contributed by atoms with E-state index < -0.39 is 5.92 Å². The molecular weight excluding hydrogens is 270 g/mol. The van der Waals surface area contributed by atoms with E-state index in [4.69, 9.17) is 9.47 Å². The van der Waals surface area contributed by atoms with E-state index in [-0.39, 0.29) is 23.8 Å². The van der Waals surface area contributed by atoms with Gasteiger partial charge in [0.1, 0.15) is 5.92 Å². The highest BCUT2D eigenvalue weighted by molar-refractivity contribution is 6.05. The molecule has 0 radical (unpaired) electrons. The maximum atomic E-state index is 12.3. The van der Waals surface area contributed by atoms with Gasteiger partial charge in [0.2, 0.25) is 0 Å². The second-order valence-corrected chi connectivity index (χ2v) is 5.47. The van der Waals surface area contributed by atoms with Gasteiger partial charge in [-0.25, -0.2) is 4.79 Å². The Morgan fingerprint density at radius 2 is 1.71 bits per heavy atom. The Morgan fingerprint density at radius 1 is 1.14 bits per heavy atom. The molecule has 0 aromatic heterocycles. The molecule has 0 aromatic rings. The van der Waals surface area contributed by atoms with Crippen molar-refractivity contribution in [2.75, 3.05) is 13.2 Å². The summed E-state index contributed by atoms with van der Waals surface area (Å²) in [4.78, 5) is 28.9. The van der Waals surface area contributed by atoms with Crippen molar-refractivity contribution >= 4 is 17.7 Å². The van der Waals surface area contributed by atoms with Gasteiger partial charge in [-0.15, -0.1) is 0 Å². The van der Waals surface area contributed by atoms with Gasteiger partial charge < -0.3 is 9.47 Å². The quantitative estimate of drug-likeness (QED) is 0.732. The summed E-state index contributed by atoms with van der Waals surface area (Å²) >= 11 is 0. The van der Waals surface area contributed by atoms with E-state index in [1.807, 2.05) is 20.8 Å². The van der Waals surface area contributed by atoms with Crippen LogP contribution in [-0.2, 0) is 19.1 Å². The third-order valence-electron chi connectivity index (χ3n) is 3.63. The lowest BCUT2D eigenvalue weighted by molar-refractivity contribution is -0.147. The zero-order valence-corrected chi connectivity index (χ0v) is 13.7. The molecule has 118 valence electrons. The Morgan fingerprint density at radius 3 is 2.19 bits per heavy atom. The average Bonchev–Trinajstić information content (AvgIpc) is 2.37. The van der Waals surface area contributed by atoms with Crippen LogP contribution in [0.4, 0.5) is 0 Å². The van der Waals surface area contributed by atoms with Crippen molar-refractivity contribution in [2.24, 2.45) is 22.7 Å². The molecule has 1 heterocycles. The van der Waals surface area contributed by atoms with Gasteiger partial charge in [0.25, 0.3) is 0 Å². The van der Waals surface area contributed by atoms with Crippen molar-refractivity contribution in [1.29, 1.82) is 0 Å².